The number of carbonyl (C=O) groups excluding carboxylic acids is 1. The van der Waals surface area contributed by atoms with Crippen LogP contribution < -0.4 is 16.0 Å². The van der Waals surface area contributed by atoms with Crippen LogP contribution in [0.5, 0.6) is 0 Å². The highest BCUT2D eigenvalue weighted by Gasteiger charge is 2.43. The molecule has 13 heteroatoms. The van der Waals surface area contributed by atoms with Gasteiger partial charge in [0.05, 0.1) is 0 Å². The fraction of sp³-hybridized carbons (Fsp3) is 0.611. The van der Waals surface area contributed by atoms with Gasteiger partial charge in [0.25, 0.3) is 0 Å². The van der Waals surface area contributed by atoms with Gasteiger partial charge in [0.1, 0.15) is 5.60 Å². The topological polar surface area (TPSA) is 103 Å². The standard InChI is InChI=1S/C19H27ClN2O2.C14H19ClN2.C2HF3O2.CH4/c1-19(2,3)24-18(23)22-11-14-8-16(9-15(14)12-22)21-10-13-6-4-5-7-17(13)20;15-14-4-2-1-3-10(14)9-17-13-5-11-7-16-8-12(11)6-13;3-2(4,5)1(6)7;/h4-7,14-16,21H,8-12H2,1-3H3;1-4,11-13,16-17H,5-9H2;(H,6,7);1H4/t14-,15+,16?;11-,12+,13?;;. The molecule has 4 fully saturated rings. The van der Waals surface area contributed by atoms with E-state index in [-0.39, 0.29) is 13.5 Å². The number of fused-ring (bicyclic) bond motifs is 2. The summed E-state index contributed by atoms with van der Waals surface area (Å²) in [6.45, 7) is 11.5. The third kappa shape index (κ3) is 12.6. The molecule has 2 aliphatic carbocycles. The fourth-order valence-electron chi connectivity index (χ4n) is 7.07. The Morgan fingerprint density at radius 3 is 1.57 bits per heavy atom. The maximum Gasteiger partial charge on any atom is 0.490 e. The van der Waals surface area contributed by atoms with Crippen LogP contribution in [-0.2, 0) is 22.6 Å². The minimum absolute atomic E-state index is 0. The molecule has 274 valence electrons. The summed E-state index contributed by atoms with van der Waals surface area (Å²) < 4.78 is 37.2. The van der Waals surface area contributed by atoms with Crippen LogP contribution in [0.15, 0.2) is 48.5 Å². The first kappa shape index (κ1) is 40.9. The van der Waals surface area contributed by atoms with Gasteiger partial charge < -0.3 is 30.7 Å². The molecule has 2 aliphatic heterocycles. The number of nitrogens with one attached hydrogen (secondary N) is 3. The quantitative estimate of drug-likeness (QED) is 0.241. The zero-order chi connectivity index (χ0) is 35.1. The van der Waals surface area contributed by atoms with Crippen molar-refractivity contribution < 1.29 is 32.6 Å². The summed E-state index contributed by atoms with van der Waals surface area (Å²) in [4.78, 5) is 23.0. The number of carboxylic acids is 1. The molecule has 2 saturated carbocycles. The molecule has 4 N–H and O–H groups in total. The molecule has 1 amide bonds. The van der Waals surface area contributed by atoms with Crippen molar-refractivity contribution in [1.82, 2.24) is 20.9 Å². The van der Waals surface area contributed by atoms with E-state index in [1.54, 1.807) is 0 Å². The second kappa shape index (κ2) is 18.1. The van der Waals surface area contributed by atoms with Crippen molar-refractivity contribution in [2.45, 2.75) is 90.8 Å². The molecule has 0 radical (unpaired) electrons. The fourth-order valence-corrected chi connectivity index (χ4v) is 7.47. The smallest absolute Gasteiger partial charge is 0.475 e. The van der Waals surface area contributed by atoms with E-state index in [1.807, 2.05) is 56.0 Å². The van der Waals surface area contributed by atoms with Crippen LogP contribution in [0.4, 0.5) is 18.0 Å². The van der Waals surface area contributed by atoms with Crippen LogP contribution in [0.2, 0.25) is 10.0 Å². The molecule has 2 heterocycles. The first-order valence-electron chi connectivity index (χ1n) is 16.5. The second-order valence-electron chi connectivity index (χ2n) is 14.2. The molecular weight excluding hydrogens is 680 g/mol. The lowest BCUT2D eigenvalue weighted by atomic mass is 10.0. The van der Waals surface area contributed by atoms with Gasteiger partial charge in [-0.3, -0.25) is 0 Å². The van der Waals surface area contributed by atoms with Crippen LogP contribution >= 0.6 is 23.2 Å². The van der Waals surface area contributed by atoms with Gasteiger partial charge in [-0.25, -0.2) is 9.59 Å². The van der Waals surface area contributed by atoms with Crippen molar-refractivity contribution >= 4 is 35.3 Å². The number of alkyl halides is 3. The van der Waals surface area contributed by atoms with Crippen molar-refractivity contribution in [2.24, 2.45) is 23.7 Å². The number of hydrogen-bond donors (Lipinski definition) is 4. The summed E-state index contributed by atoms with van der Waals surface area (Å²) in [6.07, 6.45) is -0.370. The average Bonchev–Trinajstić information content (AvgIpc) is 3.77. The number of aliphatic carboxylic acids is 1. The SMILES string of the molecule is C.CC(C)(C)OC(=O)N1C[C@H]2CC(NCc3ccccc3Cl)C[C@H]2C1.Clc1ccccc1CNC1C[C@H]2CNC[C@H]2C1.O=C(O)C(F)(F)F. The Hall–Kier alpha value is -2.57. The first-order valence-corrected chi connectivity index (χ1v) is 17.3. The number of nitrogens with zero attached hydrogens (tertiary/aromatic N) is 1. The number of ether oxygens (including phenoxy) is 1. The largest absolute Gasteiger partial charge is 0.490 e. The number of carbonyl (C=O) groups is 2. The van der Waals surface area contributed by atoms with Gasteiger partial charge in [-0.2, -0.15) is 13.2 Å². The number of amides is 1. The van der Waals surface area contributed by atoms with Crippen LogP contribution in [-0.4, -0.2) is 72.1 Å². The van der Waals surface area contributed by atoms with E-state index in [9.17, 15) is 18.0 Å². The normalized spacial score (nSPS) is 25.6. The Morgan fingerprint density at radius 1 is 0.816 bits per heavy atom. The Kier molecular flexibility index (Phi) is 15.1. The predicted molar refractivity (Wildman–Crippen MR) is 188 cm³/mol. The highest BCUT2D eigenvalue weighted by molar-refractivity contribution is 6.31. The highest BCUT2D eigenvalue weighted by atomic mass is 35.5. The van der Waals surface area contributed by atoms with Gasteiger partial charge in [0.15, 0.2) is 0 Å². The van der Waals surface area contributed by atoms with Crippen LogP contribution in [0.1, 0.15) is 65.0 Å². The number of hydrogen-bond acceptors (Lipinski definition) is 6. The zero-order valence-corrected chi connectivity index (χ0v) is 29.2. The van der Waals surface area contributed by atoms with E-state index < -0.39 is 17.7 Å². The van der Waals surface area contributed by atoms with E-state index >= 15 is 0 Å². The van der Waals surface area contributed by atoms with Gasteiger partial charge >= 0.3 is 18.2 Å². The molecule has 6 rings (SSSR count). The van der Waals surface area contributed by atoms with E-state index in [0.717, 1.165) is 66.5 Å². The molecule has 2 aromatic carbocycles. The van der Waals surface area contributed by atoms with Crippen molar-refractivity contribution in [2.75, 3.05) is 26.2 Å². The zero-order valence-electron chi connectivity index (χ0n) is 27.7. The van der Waals surface area contributed by atoms with Crippen LogP contribution in [0, 0.1) is 23.7 Å². The molecular formula is C36H51Cl2F3N4O4. The van der Waals surface area contributed by atoms with Crippen molar-refractivity contribution in [1.29, 1.82) is 0 Å². The van der Waals surface area contributed by atoms with E-state index in [1.165, 1.54) is 31.5 Å². The molecule has 0 bridgehead atoms. The lowest BCUT2D eigenvalue weighted by molar-refractivity contribution is -0.192. The minimum atomic E-state index is -5.08. The maximum absolute atomic E-state index is 12.2. The van der Waals surface area contributed by atoms with Gasteiger partial charge in [0, 0.05) is 48.3 Å². The summed E-state index contributed by atoms with van der Waals surface area (Å²) in [5.74, 6) is 0.215. The lowest BCUT2D eigenvalue weighted by Crippen LogP contribution is -2.37. The number of carboxylic acid groups (broad SMARTS) is 1. The summed E-state index contributed by atoms with van der Waals surface area (Å²) in [7, 11) is 0. The van der Waals surface area contributed by atoms with E-state index in [0.29, 0.717) is 23.9 Å². The minimum Gasteiger partial charge on any atom is -0.475 e. The molecule has 2 saturated heterocycles. The molecule has 0 spiro atoms. The van der Waals surface area contributed by atoms with Gasteiger partial charge in [-0.1, -0.05) is 67.0 Å². The van der Waals surface area contributed by atoms with E-state index in [4.69, 9.17) is 37.8 Å². The third-order valence-electron chi connectivity index (χ3n) is 9.38. The van der Waals surface area contributed by atoms with Gasteiger partial charge in [0.2, 0.25) is 0 Å². The lowest BCUT2D eigenvalue weighted by Gasteiger charge is -2.25. The number of rotatable bonds is 6. The Morgan fingerprint density at radius 2 is 1.20 bits per heavy atom. The van der Waals surface area contributed by atoms with Crippen molar-refractivity contribution in [3.8, 4) is 0 Å². The summed E-state index contributed by atoms with van der Waals surface area (Å²) in [5.41, 5.74) is 1.93. The first-order chi connectivity index (χ1) is 22.6. The Balaban J connectivity index is 0.000000227. The second-order valence-corrected chi connectivity index (χ2v) is 15.0. The predicted octanol–water partition coefficient (Wildman–Crippen LogP) is 7.77. The number of halogens is 5. The third-order valence-corrected chi connectivity index (χ3v) is 10.1. The number of benzene rings is 2. The molecule has 49 heavy (non-hydrogen) atoms. The summed E-state index contributed by atoms with van der Waals surface area (Å²) in [6, 6.07) is 17.3. The van der Waals surface area contributed by atoms with Gasteiger partial charge in [-0.15, -0.1) is 0 Å². The van der Waals surface area contributed by atoms with Gasteiger partial charge in [-0.05, 0) is 106 Å². The molecule has 6 atom stereocenters. The molecule has 8 nitrogen and oxygen atoms in total. The molecule has 0 aromatic heterocycles. The Bertz CT molecular complexity index is 1350. The molecule has 4 aliphatic rings. The summed E-state index contributed by atoms with van der Waals surface area (Å²) >= 11 is 12.4. The molecule has 2 unspecified atom stereocenters. The van der Waals surface area contributed by atoms with Crippen molar-refractivity contribution in [3.05, 3.63) is 69.7 Å². The number of likely N-dealkylation sites (tertiary alicyclic amines) is 1. The van der Waals surface area contributed by atoms with Crippen LogP contribution in [0.3, 0.4) is 0 Å². The highest BCUT2D eigenvalue weighted by Crippen LogP contribution is 2.39. The monoisotopic (exact) mass is 730 g/mol. The molecule has 2 aromatic rings. The van der Waals surface area contributed by atoms with Crippen molar-refractivity contribution in [3.63, 3.8) is 0 Å². The van der Waals surface area contributed by atoms with Crippen LogP contribution in [0.25, 0.3) is 0 Å². The van der Waals surface area contributed by atoms with E-state index in [2.05, 4.69) is 34.1 Å². The average molecular weight is 732 g/mol. The Labute approximate surface area is 298 Å². The summed E-state index contributed by atoms with van der Waals surface area (Å²) in [5, 5.41) is 19.6. The maximum atomic E-state index is 12.2.